The van der Waals surface area contributed by atoms with Gasteiger partial charge in [-0.3, -0.25) is 4.79 Å². The predicted molar refractivity (Wildman–Crippen MR) is 94.6 cm³/mol. The van der Waals surface area contributed by atoms with E-state index >= 15 is 0 Å². The third kappa shape index (κ3) is 5.49. The van der Waals surface area contributed by atoms with Crippen LogP contribution in [-0.2, 0) is 14.8 Å². The Morgan fingerprint density at radius 1 is 1.33 bits per heavy atom. The molecule has 136 valence electrons. The van der Waals surface area contributed by atoms with Crippen LogP contribution in [0, 0.1) is 12.8 Å². The van der Waals surface area contributed by atoms with Crippen molar-refractivity contribution in [3.8, 4) is 5.75 Å². The molecule has 0 atom stereocenters. The van der Waals surface area contributed by atoms with Crippen LogP contribution in [0.15, 0.2) is 23.1 Å². The molecule has 1 N–H and O–H groups in total. The number of carbonyl (C=O) groups excluding carboxylic acids is 1. The summed E-state index contributed by atoms with van der Waals surface area (Å²) in [4.78, 5) is 12.1. The van der Waals surface area contributed by atoms with Crippen LogP contribution in [0.1, 0.15) is 32.8 Å². The Balaban J connectivity index is 2.94. The number of likely N-dealkylation sites (N-methyl/N-ethyl adjacent to an activating group) is 1. The van der Waals surface area contributed by atoms with Crippen LogP contribution in [0.3, 0.4) is 0 Å². The van der Waals surface area contributed by atoms with Gasteiger partial charge in [0.15, 0.2) is 0 Å². The van der Waals surface area contributed by atoms with E-state index in [-0.39, 0.29) is 29.6 Å². The van der Waals surface area contributed by atoms with E-state index in [1.54, 1.807) is 25.1 Å². The van der Waals surface area contributed by atoms with Crippen LogP contribution in [0.25, 0.3) is 0 Å². The molecule has 1 amide bonds. The molecule has 0 aliphatic carbocycles. The number of hydrogen-bond donors (Lipinski definition) is 1. The van der Waals surface area contributed by atoms with Gasteiger partial charge in [-0.2, -0.15) is 4.31 Å². The maximum Gasteiger partial charge on any atom is 0.247 e. The van der Waals surface area contributed by atoms with Crippen LogP contribution in [0.5, 0.6) is 5.75 Å². The number of methoxy groups -OCH3 is 1. The van der Waals surface area contributed by atoms with Gasteiger partial charge in [0, 0.05) is 13.1 Å². The molecular formula is C17H28N2O4S. The van der Waals surface area contributed by atoms with Crippen molar-refractivity contribution in [3.05, 3.63) is 23.8 Å². The number of sulfonamides is 1. The summed E-state index contributed by atoms with van der Waals surface area (Å²) in [6, 6.07) is 4.97. The van der Waals surface area contributed by atoms with E-state index in [1.165, 1.54) is 7.11 Å². The van der Waals surface area contributed by atoms with E-state index in [0.29, 0.717) is 12.5 Å². The Kier molecular flexibility index (Phi) is 7.69. The lowest BCUT2D eigenvalue weighted by Crippen LogP contribution is -2.41. The maximum atomic E-state index is 12.9. The molecule has 0 unspecified atom stereocenters. The quantitative estimate of drug-likeness (QED) is 0.736. The summed E-state index contributed by atoms with van der Waals surface area (Å²) in [5.41, 5.74) is 0.812. The molecule has 1 rings (SSSR count). The van der Waals surface area contributed by atoms with Gasteiger partial charge in [0.05, 0.1) is 13.7 Å². The van der Waals surface area contributed by atoms with Crippen molar-refractivity contribution in [2.45, 2.75) is 39.0 Å². The minimum absolute atomic E-state index is 0.0850. The van der Waals surface area contributed by atoms with Gasteiger partial charge in [-0.25, -0.2) is 8.42 Å². The summed E-state index contributed by atoms with van der Waals surface area (Å²) in [7, 11) is -2.38. The third-order valence-electron chi connectivity index (χ3n) is 3.65. The summed E-state index contributed by atoms with van der Waals surface area (Å²) < 4.78 is 32.1. The summed E-state index contributed by atoms with van der Waals surface area (Å²) in [6.45, 7) is 8.21. The predicted octanol–water partition coefficient (Wildman–Crippen LogP) is 2.18. The largest absolute Gasteiger partial charge is 0.495 e. The fourth-order valence-electron chi connectivity index (χ4n) is 2.21. The molecule has 0 saturated carbocycles. The highest BCUT2D eigenvalue weighted by Gasteiger charge is 2.28. The first-order valence-electron chi connectivity index (χ1n) is 8.13. The fraction of sp³-hybridized carbons (Fsp3) is 0.588. The molecule has 1 aromatic rings. The van der Waals surface area contributed by atoms with Crippen molar-refractivity contribution in [2.24, 2.45) is 5.92 Å². The average molecular weight is 356 g/mol. The van der Waals surface area contributed by atoms with Gasteiger partial charge >= 0.3 is 0 Å². The zero-order valence-electron chi connectivity index (χ0n) is 15.1. The number of amides is 1. The third-order valence-corrected chi connectivity index (χ3v) is 5.60. The van der Waals surface area contributed by atoms with Crippen molar-refractivity contribution >= 4 is 15.9 Å². The standard InChI is InChI=1S/C17H28N2O4S/c1-6-19(12-17(20)18-10-9-13(2)3)24(21,22)16-11-14(4)7-8-15(16)23-5/h7-8,11,13H,6,9-10,12H2,1-5H3,(H,18,20). The maximum absolute atomic E-state index is 12.9. The Hall–Kier alpha value is -1.60. The van der Waals surface area contributed by atoms with Crippen LogP contribution < -0.4 is 10.1 Å². The lowest BCUT2D eigenvalue weighted by Gasteiger charge is -2.21. The number of aryl methyl sites for hydroxylation is 1. The second-order valence-electron chi connectivity index (χ2n) is 6.12. The van der Waals surface area contributed by atoms with Gasteiger partial charge in [-0.1, -0.05) is 26.8 Å². The number of carbonyl (C=O) groups is 1. The van der Waals surface area contributed by atoms with Crippen molar-refractivity contribution in [1.29, 1.82) is 0 Å². The molecule has 6 nitrogen and oxygen atoms in total. The molecule has 0 heterocycles. The van der Waals surface area contributed by atoms with Crippen LogP contribution >= 0.6 is 0 Å². The number of rotatable bonds is 9. The van der Waals surface area contributed by atoms with Crippen molar-refractivity contribution in [3.63, 3.8) is 0 Å². The summed E-state index contributed by atoms with van der Waals surface area (Å²) in [6.07, 6.45) is 0.857. The molecule has 1 aromatic carbocycles. The van der Waals surface area contributed by atoms with Gasteiger partial charge in [0.25, 0.3) is 0 Å². The zero-order chi connectivity index (χ0) is 18.3. The van der Waals surface area contributed by atoms with Crippen molar-refractivity contribution in [2.75, 3.05) is 26.7 Å². The summed E-state index contributed by atoms with van der Waals surface area (Å²) >= 11 is 0. The first kappa shape index (κ1) is 20.4. The Morgan fingerprint density at radius 3 is 2.54 bits per heavy atom. The molecule has 0 aliphatic heterocycles. The van der Waals surface area contributed by atoms with Crippen molar-refractivity contribution < 1.29 is 17.9 Å². The highest BCUT2D eigenvalue weighted by Crippen LogP contribution is 2.27. The van der Waals surface area contributed by atoms with Gasteiger partial charge in [0.1, 0.15) is 10.6 Å². The number of ether oxygens (including phenoxy) is 1. The second kappa shape index (κ2) is 9.03. The van der Waals surface area contributed by atoms with Gasteiger partial charge < -0.3 is 10.1 Å². The van der Waals surface area contributed by atoms with Gasteiger partial charge in [-0.15, -0.1) is 0 Å². The van der Waals surface area contributed by atoms with E-state index < -0.39 is 10.0 Å². The Bertz CT molecular complexity index is 657. The smallest absolute Gasteiger partial charge is 0.247 e. The Labute approximate surface area is 145 Å². The minimum atomic E-state index is -3.81. The van der Waals surface area contributed by atoms with Crippen LogP contribution in [0.2, 0.25) is 0 Å². The topological polar surface area (TPSA) is 75.7 Å². The molecule has 0 saturated heterocycles. The molecule has 0 spiro atoms. The SMILES string of the molecule is CCN(CC(=O)NCCC(C)C)S(=O)(=O)c1cc(C)ccc1OC. The Morgan fingerprint density at radius 2 is 2.00 bits per heavy atom. The molecule has 0 bridgehead atoms. The van der Waals surface area contributed by atoms with E-state index in [2.05, 4.69) is 19.2 Å². The molecular weight excluding hydrogens is 328 g/mol. The van der Waals surface area contributed by atoms with Crippen LogP contribution in [0.4, 0.5) is 0 Å². The fourth-order valence-corrected chi connectivity index (χ4v) is 3.85. The van der Waals surface area contributed by atoms with Gasteiger partial charge in [-0.05, 0) is 37.0 Å². The number of benzene rings is 1. The summed E-state index contributed by atoms with van der Waals surface area (Å²) in [5, 5.41) is 2.77. The van der Waals surface area contributed by atoms with Crippen LogP contribution in [-0.4, -0.2) is 45.4 Å². The van der Waals surface area contributed by atoms with E-state index in [1.807, 2.05) is 6.92 Å². The molecule has 0 fully saturated rings. The number of hydrogen-bond acceptors (Lipinski definition) is 4. The molecule has 0 aromatic heterocycles. The first-order chi connectivity index (χ1) is 11.2. The summed E-state index contributed by atoms with van der Waals surface area (Å²) in [5.74, 6) is 0.458. The zero-order valence-corrected chi connectivity index (χ0v) is 15.9. The van der Waals surface area contributed by atoms with Crippen molar-refractivity contribution in [1.82, 2.24) is 9.62 Å². The average Bonchev–Trinajstić information content (AvgIpc) is 2.52. The highest BCUT2D eigenvalue weighted by molar-refractivity contribution is 7.89. The van der Waals surface area contributed by atoms with E-state index in [9.17, 15) is 13.2 Å². The molecule has 0 aliphatic rings. The number of nitrogens with zero attached hydrogens (tertiary/aromatic N) is 1. The van der Waals surface area contributed by atoms with E-state index in [4.69, 9.17) is 4.74 Å². The van der Waals surface area contributed by atoms with Gasteiger partial charge in [0.2, 0.25) is 15.9 Å². The number of nitrogens with one attached hydrogen (secondary N) is 1. The minimum Gasteiger partial charge on any atom is -0.495 e. The first-order valence-corrected chi connectivity index (χ1v) is 9.57. The molecule has 24 heavy (non-hydrogen) atoms. The monoisotopic (exact) mass is 356 g/mol. The lowest BCUT2D eigenvalue weighted by molar-refractivity contribution is -0.121. The molecule has 7 heteroatoms. The highest BCUT2D eigenvalue weighted by atomic mass is 32.2. The lowest BCUT2D eigenvalue weighted by atomic mass is 10.1. The molecule has 0 radical (unpaired) electrons. The normalized spacial score (nSPS) is 11.8. The second-order valence-corrected chi connectivity index (χ2v) is 8.02. The van der Waals surface area contributed by atoms with E-state index in [0.717, 1.165) is 16.3 Å².